The molecule has 12 rings (SSSR count). The van der Waals surface area contributed by atoms with Crippen molar-refractivity contribution in [2.45, 2.75) is 0 Å². The first kappa shape index (κ1) is 36.9. The summed E-state index contributed by atoms with van der Waals surface area (Å²) in [5.41, 5.74) is 16.0. The highest BCUT2D eigenvalue weighted by Crippen LogP contribution is 2.41. The van der Waals surface area contributed by atoms with E-state index in [1.54, 1.807) is 0 Å². The summed E-state index contributed by atoms with van der Waals surface area (Å²) in [6.45, 7) is 7.97. The van der Waals surface area contributed by atoms with E-state index >= 15 is 0 Å². The van der Waals surface area contributed by atoms with E-state index < -0.39 is 0 Å². The van der Waals surface area contributed by atoms with Crippen molar-refractivity contribution in [1.29, 1.82) is 0 Å². The molecule has 0 aliphatic heterocycles. The van der Waals surface area contributed by atoms with Crippen LogP contribution in [0.5, 0.6) is 0 Å². The number of benzene rings is 7. The molecule has 0 saturated heterocycles. The number of rotatable bonds is 7. The van der Waals surface area contributed by atoms with Gasteiger partial charge in [-0.1, -0.05) is 140 Å². The summed E-state index contributed by atoms with van der Waals surface area (Å²) in [7, 11) is 0. The first-order valence-electron chi connectivity index (χ1n) is 21.3. The number of fused-ring (bicyclic) bond motifs is 6. The summed E-state index contributed by atoms with van der Waals surface area (Å²) in [6, 6.07) is 69.7. The maximum atomic E-state index is 7.97. The molecule has 0 radical (unpaired) electrons. The molecule has 298 valence electrons. The van der Waals surface area contributed by atoms with Gasteiger partial charge in [-0.2, -0.15) is 0 Å². The van der Waals surface area contributed by atoms with Crippen molar-refractivity contribution in [2.75, 3.05) is 0 Å². The van der Waals surface area contributed by atoms with Gasteiger partial charge >= 0.3 is 0 Å². The molecule has 5 heterocycles. The summed E-state index contributed by atoms with van der Waals surface area (Å²) in [4.78, 5) is 18.7. The van der Waals surface area contributed by atoms with E-state index in [1.807, 2.05) is 73.2 Å². The van der Waals surface area contributed by atoms with E-state index in [1.165, 1.54) is 0 Å². The second-order valence-electron chi connectivity index (χ2n) is 16.0. The van der Waals surface area contributed by atoms with Crippen LogP contribution in [0.3, 0.4) is 0 Å². The summed E-state index contributed by atoms with van der Waals surface area (Å²) in [6.07, 6.45) is 5.78. The van der Waals surface area contributed by atoms with Crippen molar-refractivity contribution in [3.05, 3.63) is 230 Å². The van der Waals surface area contributed by atoms with Gasteiger partial charge in [0.2, 0.25) is 0 Å². The Kier molecular flexibility index (Phi) is 8.77. The first-order chi connectivity index (χ1) is 31.7. The Bertz CT molecular complexity index is 3800. The Morgan fingerprint density at radius 3 is 1.45 bits per heavy atom. The van der Waals surface area contributed by atoms with Gasteiger partial charge in [0.15, 0.2) is 5.69 Å². The maximum Gasteiger partial charge on any atom is 0.187 e. The summed E-state index contributed by atoms with van der Waals surface area (Å²) in [5, 5.41) is 4.58. The molecule has 64 heavy (non-hydrogen) atoms. The van der Waals surface area contributed by atoms with Crippen LogP contribution in [0, 0.1) is 6.57 Å². The smallest absolute Gasteiger partial charge is 0.187 e. The Labute approximate surface area is 369 Å². The fraction of sp³-hybridized carbons (Fsp3) is 0. The molecule has 7 aromatic carbocycles. The number of aromatic nitrogens is 5. The third-order valence-corrected chi connectivity index (χ3v) is 12.3. The van der Waals surface area contributed by atoms with Crippen molar-refractivity contribution in [3.8, 4) is 67.4 Å². The van der Waals surface area contributed by atoms with Crippen LogP contribution in [0.15, 0.2) is 219 Å². The highest BCUT2D eigenvalue weighted by atomic mass is 15.1. The molecule has 6 heteroatoms. The topological polar surface area (TPSA) is 52.9 Å². The molecule has 12 aromatic rings. The monoisotopic (exact) mass is 816 g/mol. The van der Waals surface area contributed by atoms with Crippen LogP contribution in [0.1, 0.15) is 0 Å². The van der Waals surface area contributed by atoms with Crippen LogP contribution < -0.4 is 0 Å². The second-order valence-corrected chi connectivity index (χ2v) is 16.0. The van der Waals surface area contributed by atoms with Crippen molar-refractivity contribution < 1.29 is 0 Å². The van der Waals surface area contributed by atoms with E-state index in [9.17, 15) is 0 Å². The lowest BCUT2D eigenvalue weighted by Crippen LogP contribution is -2.03. The molecule has 0 bridgehead atoms. The van der Waals surface area contributed by atoms with Gasteiger partial charge in [-0.25, -0.2) is 9.83 Å². The first-order valence-corrected chi connectivity index (χ1v) is 21.3. The molecular weight excluding hydrogens is 781 g/mol. The van der Waals surface area contributed by atoms with Gasteiger partial charge in [-0.3, -0.25) is 14.5 Å². The zero-order valence-electron chi connectivity index (χ0n) is 34.5. The molecule has 0 aliphatic rings. The minimum Gasteiger partial charge on any atom is -0.307 e. The van der Waals surface area contributed by atoms with E-state index in [0.29, 0.717) is 5.69 Å². The van der Waals surface area contributed by atoms with Crippen molar-refractivity contribution in [1.82, 2.24) is 24.1 Å². The molecule has 0 atom stereocenters. The van der Waals surface area contributed by atoms with Crippen LogP contribution in [-0.2, 0) is 0 Å². The average Bonchev–Trinajstić information content (AvgIpc) is 3.89. The van der Waals surface area contributed by atoms with Crippen LogP contribution in [0.2, 0.25) is 0 Å². The second kappa shape index (κ2) is 15.2. The van der Waals surface area contributed by atoms with Gasteiger partial charge in [-0.05, 0) is 88.5 Å². The SMILES string of the molecule is [C-]#[N+]c1cccc(-c2cc(-n3c4ccccc4c4ccc(-c5ccnc(-c6ccccc6)c5)cc43)ncc2-n2c3ccccc3c3ccc(-c4ccnc(-c5ccccc5)c4)cc32)c1. The van der Waals surface area contributed by atoms with Gasteiger partial charge in [0.05, 0.1) is 51.9 Å². The summed E-state index contributed by atoms with van der Waals surface area (Å²) >= 11 is 0. The number of hydrogen-bond donors (Lipinski definition) is 0. The van der Waals surface area contributed by atoms with E-state index in [-0.39, 0.29) is 0 Å². The normalized spacial score (nSPS) is 11.4. The Hall–Kier alpha value is -8.92. The zero-order valence-corrected chi connectivity index (χ0v) is 34.5. The number of pyridine rings is 3. The minimum absolute atomic E-state index is 0.576. The maximum absolute atomic E-state index is 7.97. The third-order valence-electron chi connectivity index (χ3n) is 12.3. The van der Waals surface area contributed by atoms with E-state index in [2.05, 4.69) is 160 Å². The third kappa shape index (κ3) is 6.22. The molecule has 6 nitrogen and oxygen atoms in total. The van der Waals surface area contributed by atoms with Crippen molar-refractivity contribution >= 4 is 49.3 Å². The van der Waals surface area contributed by atoms with Crippen LogP contribution in [0.25, 0.3) is 116 Å². The lowest BCUT2D eigenvalue weighted by molar-refractivity contribution is 1.06. The molecule has 0 fully saturated rings. The molecule has 0 unspecified atom stereocenters. The quantitative estimate of drug-likeness (QED) is 0.151. The fourth-order valence-corrected chi connectivity index (χ4v) is 9.27. The predicted octanol–water partition coefficient (Wildman–Crippen LogP) is 15.0. The summed E-state index contributed by atoms with van der Waals surface area (Å²) < 4.78 is 4.61. The number of hydrogen-bond acceptors (Lipinski definition) is 3. The van der Waals surface area contributed by atoms with Crippen LogP contribution in [0.4, 0.5) is 5.69 Å². The van der Waals surface area contributed by atoms with E-state index in [0.717, 1.165) is 111 Å². The molecule has 0 N–H and O–H groups in total. The predicted molar refractivity (Wildman–Crippen MR) is 262 cm³/mol. The Morgan fingerprint density at radius 2 is 0.859 bits per heavy atom. The largest absolute Gasteiger partial charge is 0.307 e. The average molecular weight is 817 g/mol. The van der Waals surface area contributed by atoms with E-state index in [4.69, 9.17) is 21.5 Å². The Balaban J connectivity index is 1.08. The number of para-hydroxylation sites is 2. The molecule has 0 saturated carbocycles. The van der Waals surface area contributed by atoms with Gasteiger partial charge < -0.3 is 4.57 Å². The molecule has 5 aromatic heterocycles. The fourth-order valence-electron chi connectivity index (χ4n) is 9.27. The van der Waals surface area contributed by atoms with Gasteiger partial charge in [-0.15, -0.1) is 0 Å². The lowest BCUT2D eigenvalue weighted by Gasteiger charge is -2.17. The van der Waals surface area contributed by atoms with Crippen molar-refractivity contribution in [3.63, 3.8) is 0 Å². The lowest BCUT2D eigenvalue weighted by atomic mass is 10.0. The highest BCUT2D eigenvalue weighted by Gasteiger charge is 2.21. The summed E-state index contributed by atoms with van der Waals surface area (Å²) in [5.74, 6) is 0.779. The van der Waals surface area contributed by atoms with Crippen LogP contribution >= 0.6 is 0 Å². The minimum atomic E-state index is 0.576. The molecule has 0 spiro atoms. The highest BCUT2D eigenvalue weighted by molar-refractivity contribution is 6.12. The number of nitrogens with zero attached hydrogens (tertiary/aromatic N) is 6. The van der Waals surface area contributed by atoms with Gasteiger partial charge in [0.25, 0.3) is 0 Å². The standard InChI is InChI=1S/C58H36N6/c1-59-45-18-12-17-44(31-45)50-36-58(64-54-22-11-9-20-47(54)49-26-24-41(35-56(49)64)43-28-30-61-52(33-43)39-15-6-3-7-16-39)62-37-57(50)63-53-21-10-8-19-46(53)48-25-23-40(34-55(48)63)42-27-29-60-51(32-42)38-13-4-2-5-14-38/h2-37H. The molecular formula is C58H36N6. The van der Waals surface area contributed by atoms with Gasteiger partial charge in [0, 0.05) is 50.6 Å². The van der Waals surface area contributed by atoms with Crippen LogP contribution in [-0.4, -0.2) is 24.1 Å². The van der Waals surface area contributed by atoms with Crippen molar-refractivity contribution in [2.24, 2.45) is 0 Å². The Morgan fingerprint density at radius 1 is 0.359 bits per heavy atom. The molecule has 0 aliphatic carbocycles. The van der Waals surface area contributed by atoms with Gasteiger partial charge in [0.1, 0.15) is 5.82 Å². The zero-order chi connectivity index (χ0) is 42.6. The molecule has 0 amide bonds.